The zero-order chi connectivity index (χ0) is 20.2. The molecule has 1 N–H and O–H groups in total. The first-order chi connectivity index (χ1) is 14.1. The highest BCUT2D eigenvalue weighted by atomic mass is 35.5. The number of hydrogen-bond acceptors (Lipinski definition) is 4. The summed E-state index contributed by atoms with van der Waals surface area (Å²) in [5.74, 6) is 0.457. The number of halogens is 1. The third kappa shape index (κ3) is 4.36. The molecule has 1 heterocycles. The quantitative estimate of drug-likeness (QED) is 0.496. The molecule has 0 aliphatic carbocycles. The second-order valence-electron chi connectivity index (χ2n) is 6.64. The van der Waals surface area contributed by atoms with Gasteiger partial charge in [0, 0.05) is 16.1 Å². The zero-order valence-electron chi connectivity index (χ0n) is 15.7. The second-order valence-corrected chi connectivity index (χ2v) is 7.08. The molecule has 4 aromatic rings. The molecule has 0 saturated heterocycles. The number of carbonyl (C=O) groups excluding carboxylic acids is 1. The van der Waals surface area contributed by atoms with Gasteiger partial charge in [0.05, 0.1) is 0 Å². The van der Waals surface area contributed by atoms with E-state index in [2.05, 4.69) is 15.5 Å². The van der Waals surface area contributed by atoms with E-state index in [1.807, 2.05) is 67.6 Å². The van der Waals surface area contributed by atoms with Crippen molar-refractivity contribution in [3.63, 3.8) is 0 Å². The average molecular weight is 404 g/mol. The molecule has 0 aliphatic rings. The van der Waals surface area contributed by atoms with Crippen LogP contribution < -0.4 is 5.32 Å². The third-order valence-electron chi connectivity index (χ3n) is 4.47. The molecule has 6 heteroatoms. The minimum Gasteiger partial charge on any atom is -0.418 e. The molecular formula is C23H18ClN3O2. The summed E-state index contributed by atoms with van der Waals surface area (Å²) in [5.41, 5.74) is 3.19. The summed E-state index contributed by atoms with van der Waals surface area (Å²) < 4.78 is 5.91. The van der Waals surface area contributed by atoms with E-state index in [-0.39, 0.29) is 5.91 Å². The van der Waals surface area contributed by atoms with E-state index < -0.39 is 6.04 Å². The maximum Gasteiger partial charge on any atom is 0.252 e. The zero-order valence-corrected chi connectivity index (χ0v) is 16.4. The lowest BCUT2D eigenvalue weighted by molar-refractivity contribution is 0.0938. The fourth-order valence-corrected chi connectivity index (χ4v) is 3.12. The molecule has 3 aromatic carbocycles. The number of nitrogens with zero attached hydrogens (tertiary/aromatic N) is 2. The first-order valence-electron chi connectivity index (χ1n) is 9.12. The molecule has 4 rings (SSSR count). The van der Waals surface area contributed by atoms with Gasteiger partial charge in [-0.15, -0.1) is 10.2 Å². The van der Waals surface area contributed by atoms with Gasteiger partial charge in [-0.1, -0.05) is 59.6 Å². The standard InChI is InChI=1S/C23H18ClN3O2/c1-15-6-5-9-18(14-15)21(28)25-20(16-7-3-2-4-8-16)23-27-26-22(29-23)17-10-12-19(24)13-11-17/h2-14,20H,1H3,(H,25,28). The summed E-state index contributed by atoms with van der Waals surface area (Å²) in [7, 11) is 0. The van der Waals surface area contributed by atoms with Crippen molar-refractivity contribution >= 4 is 17.5 Å². The Balaban J connectivity index is 1.66. The summed E-state index contributed by atoms with van der Waals surface area (Å²) in [4.78, 5) is 12.9. The maximum absolute atomic E-state index is 12.9. The monoisotopic (exact) mass is 403 g/mol. The summed E-state index contributed by atoms with van der Waals surface area (Å²) in [6, 6.07) is 23.5. The van der Waals surface area contributed by atoms with Gasteiger partial charge in [0.25, 0.3) is 5.91 Å². The first-order valence-corrected chi connectivity index (χ1v) is 9.50. The van der Waals surface area contributed by atoms with Crippen LogP contribution in [0.3, 0.4) is 0 Å². The number of carbonyl (C=O) groups is 1. The Kier molecular flexibility index (Phi) is 5.40. The second kappa shape index (κ2) is 8.29. The number of aromatic nitrogens is 2. The van der Waals surface area contributed by atoms with Gasteiger partial charge >= 0.3 is 0 Å². The highest BCUT2D eigenvalue weighted by molar-refractivity contribution is 6.30. The van der Waals surface area contributed by atoms with Crippen LogP contribution in [0.1, 0.15) is 33.4 Å². The third-order valence-corrected chi connectivity index (χ3v) is 4.72. The van der Waals surface area contributed by atoms with Crippen molar-refractivity contribution in [3.05, 3.63) is 106 Å². The molecule has 1 amide bonds. The van der Waals surface area contributed by atoms with E-state index in [0.29, 0.717) is 22.4 Å². The number of rotatable bonds is 5. The van der Waals surface area contributed by atoms with Crippen molar-refractivity contribution in [1.29, 1.82) is 0 Å². The van der Waals surface area contributed by atoms with Gasteiger partial charge in [-0.05, 0) is 48.9 Å². The van der Waals surface area contributed by atoms with Gasteiger partial charge in [-0.2, -0.15) is 0 Å². The Labute approximate surface area is 173 Å². The van der Waals surface area contributed by atoms with E-state index >= 15 is 0 Å². The predicted molar refractivity (Wildman–Crippen MR) is 112 cm³/mol. The summed E-state index contributed by atoms with van der Waals surface area (Å²) in [6.07, 6.45) is 0. The summed E-state index contributed by atoms with van der Waals surface area (Å²) in [6.45, 7) is 1.95. The molecule has 0 spiro atoms. The number of benzene rings is 3. The normalized spacial score (nSPS) is 11.8. The van der Waals surface area contributed by atoms with Gasteiger partial charge in [0.15, 0.2) is 0 Å². The maximum atomic E-state index is 12.9. The molecule has 0 radical (unpaired) electrons. The molecule has 29 heavy (non-hydrogen) atoms. The van der Waals surface area contributed by atoms with Gasteiger partial charge < -0.3 is 9.73 Å². The number of aryl methyl sites for hydroxylation is 1. The molecule has 5 nitrogen and oxygen atoms in total. The van der Waals surface area contributed by atoms with Crippen molar-refractivity contribution in [2.45, 2.75) is 13.0 Å². The minimum absolute atomic E-state index is 0.214. The molecular weight excluding hydrogens is 386 g/mol. The van der Waals surface area contributed by atoms with E-state index in [1.165, 1.54) is 0 Å². The average Bonchev–Trinajstić information content (AvgIpc) is 3.23. The molecule has 1 aromatic heterocycles. The Hall–Kier alpha value is -3.44. The number of hydrogen-bond donors (Lipinski definition) is 1. The molecule has 144 valence electrons. The SMILES string of the molecule is Cc1cccc(C(=O)NC(c2ccccc2)c2nnc(-c3ccc(Cl)cc3)o2)c1. The van der Waals surface area contributed by atoms with Crippen molar-refractivity contribution in [1.82, 2.24) is 15.5 Å². The minimum atomic E-state index is -0.572. The first kappa shape index (κ1) is 18.9. The fourth-order valence-electron chi connectivity index (χ4n) is 2.99. The van der Waals surface area contributed by atoms with E-state index in [1.54, 1.807) is 18.2 Å². The van der Waals surface area contributed by atoms with Gasteiger partial charge in [0.2, 0.25) is 11.8 Å². The van der Waals surface area contributed by atoms with Gasteiger partial charge in [-0.25, -0.2) is 0 Å². The van der Waals surface area contributed by atoms with Crippen LogP contribution in [0.2, 0.25) is 5.02 Å². The molecule has 0 bridgehead atoms. The van der Waals surface area contributed by atoms with E-state index in [4.69, 9.17) is 16.0 Å². The Bertz CT molecular complexity index is 1120. The highest BCUT2D eigenvalue weighted by Gasteiger charge is 2.24. The summed E-state index contributed by atoms with van der Waals surface area (Å²) in [5, 5.41) is 12.0. The Morgan fingerprint density at radius 3 is 2.45 bits per heavy atom. The van der Waals surface area contributed by atoms with Crippen molar-refractivity contribution in [2.75, 3.05) is 0 Å². The topological polar surface area (TPSA) is 68.0 Å². The molecule has 0 saturated carbocycles. The van der Waals surface area contributed by atoms with Crippen LogP contribution in [-0.4, -0.2) is 16.1 Å². The lowest BCUT2D eigenvalue weighted by Gasteiger charge is -2.16. The predicted octanol–water partition coefficient (Wildman–Crippen LogP) is 5.22. The Morgan fingerprint density at radius 2 is 1.72 bits per heavy atom. The van der Waals surface area contributed by atoms with Crippen molar-refractivity contribution < 1.29 is 9.21 Å². The van der Waals surface area contributed by atoms with Crippen LogP contribution >= 0.6 is 11.6 Å². The van der Waals surface area contributed by atoms with Crippen LogP contribution in [0.25, 0.3) is 11.5 Å². The van der Waals surface area contributed by atoms with Crippen LogP contribution in [-0.2, 0) is 0 Å². The number of nitrogens with one attached hydrogen (secondary N) is 1. The van der Waals surface area contributed by atoms with Crippen molar-refractivity contribution in [2.24, 2.45) is 0 Å². The highest BCUT2D eigenvalue weighted by Crippen LogP contribution is 2.26. The van der Waals surface area contributed by atoms with Gasteiger partial charge in [0.1, 0.15) is 6.04 Å². The lowest BCUT2D eigenvalue weighted by atomic mass is 10.1. The van der Waals surface area contributed by atoms with Crippen LogP contribution in [0.4, 0.5) is 0 Å². The largest absolute Gasteiger partial charge is 0.418 e. The van der Waals surface area contributed by atoms with Crippen LogP contribution in [0.5, 0.6) is 0 Å². The lowest BCUT2D eigenvalue weighted by Crippen LogP contribution is -2.29. The Morgan fingerprint density at radius 1 is 0.966 bits per heavy atom. The van der Waals surface area contributed by atoms with Crippen LogP contribution in [0, 0.1) is 6.92 Å². The van der Waals surface area contributed by atoms with Gasteiger partial charge in [-0.3, -0.25) is 4.79 Å². The van der Waals surface area contributed by atoms with E-state index in [0.717, 1.165) is 16.7 Å². The smallest absolute Gasteiger partial charge is 0.252 e. The molecule has 0 fully saturated rings. The number of amides is 1. The summed E-state index contributed by atoms with van der Waals surface area (Å²) >= 11 is 5.95. The van der Waals surface area contributed by atoms with E-state index in [9.17, 15) is 4.79 Å². The van der Waals surface area contributed by atoms with Crippen LogP contribution in [0.15, 0.2) is 83.3 Å². The molecule has 1 atom stereocenters. The fraction of sp³-hybridized carbons (Fsp3) is 0.0870. The molecule has 1 unspecified atom stereocenters. The van der Waals surface area contributed by atoms with Crippen molar-refractivity contribution in [3.8, 4) is 11.5 Å². The molecule has 0 aliphatic heterocycles.